The molecule has 0 amide bonds. The van der Waals surface area contributed by atoms with E-state index in [1.807, 2.05) is 0 Å². The molecule has 2 nitrogen and oxygen atoms in total. The number of nitrogens with two attached hydrogens (primary N) is 1. The fourth-order valence-electron chi connectivity index (χ4n) is 1.60. The largest absolute Gasteiger partial charge is 0.393 e. The molecule has 0 bridgehead atoms. The molecule has 1 rings (SSSR count). The molecule has 1 aliphatic heterocycles. The van der Waals surface area contributed by atoms with Gasteiger partial charge in [0.25, 0.3) is 0 Å². The van der Waals surface area contributed by atoms with E-state index in [2.05, 4.69) is 25.7 Å². The molecular formula is C9H18N2S. The average Bonchev–Trinajstić information content (AvgIpc) is 2.30. The lowest BCUT2D eigenvalue weighted by molar-refractivity contribution is 0.172. The molecule has 0 aliphatic carbocycles. The maximum atomic E-state index is 5.61. The molecule has 3 heteroatoms. The van der Waals surface area contributed by atoms with Crippen molar-refractivity contribution < 1.29 is 0 Å². The van der Waals surface area contributed by atoms with Gasteiger partial charge >= 0.3 is 0 Å². The Morgan fingerprint density at radius 2 is 2.08 bits per heavy atom. The first-order valence-electron chi connectivity index (χ1n) is 4.45. The summed E-state index contributed by atoms with van der Waals surface area (Å²) in [4.78, 5) is 3.12. The van der Waals surface area contributed by atoms with Gasteiger partial charge in [0.2, 0.25) is 0 Å². The van der Waals surface area contributed by atoms with E-state index in [0.717, 1.165) is 19.5 Å². The van der Waals surface area contributed by atoms with Crippen LogP contribution in [0.5, 0.6) is 0 Å². The zero-order valence-electron chi connectivity index (χ0n) is 8.13. The molecule has 0 aromatic rings. The van der Waals surface area contributed by atoms with Gasteiger partial charge in [0, 0.05) is 18.0 Å². The van der Waals surface area contributed by atoms with Gasteiger partial charge in [-0.25, -0.2) is 0 Å². The highest BCUT2D eigenvalue weighted by molar-refractivity contribution is 7.80. The maximum Gasteiger partial charge on any atom is 0.0772 e. The van der Waals surface area contributed by atoms with E-state index >= 15 is 0 Å². The molecule has 1 heterocycles. The molecule has 0 aromatic carbocycles. The predicted molar refractivity (Wildman–Crippen MR) is 56.2 cm³/mol. The van der Waals surface area contributed by atoms with Crippen molar-refractivity contribution in [3.05, 3.63) is 0 Å². The number of hydrogen-bond acceptors (Lipinski definition) is 2. The van der Waals surface area contributed by atoms with Crippen LogP contribution >= 0.6 is 12.2 Å². The van der Waals surface area contributed by atoms with Gasteiger partial charge in [-0.1, -0.05) is 12.2 Å². The van der Waals surface area contributed by atoms with E-state index in [9.17, 15) is 0 Å². The van der Waals surface area contributed by atoms with Gasteiger partial charge in [0.05, 0.1) is 4.99 Å². The van der Waals surface area contributed by atoms with E-state index in [1.165, 1.54) is 0 Å². The van der Waals surface area contributed by atoms with E-state index in [-0.39, 0.29) is 5.54 Å². The second kappa shape index (κ2) is 3.30. The summed E-state index contributed by atoms with van der Waals surface area (Å²) in [5, 5.41) is 0. The minimum atomic E-state index is 0.263. The molecular weight excluding hydrogens is 168 g/mol. The van der Waals surface area contributed by atoms with Gasteiger partial charge in [0.1, 0.15) is 0 Å². The van der Waals surface area contributed by atoms with Gasteiger partial charge in [0.15, 0.2) is 0 Å². The minimum absolute atomic E-state index is 0.263. The van der Waals surface area contributed by atoms with Gasteiger partial charge in [-0.3, -0.25) is 4.90 Å². The molecule has 1 fully saturated rings. The van der Waals surface area contributed by atoms with Crippen molar-refractivity contribution in [2.45, 2.75) is 32.7 Å². The Morgan fingerprint density at radius 1 is 1.50 bits per heavy atom. The summed E-state index contributed by atoms with van der Waals surface area (Å²) < 4.78 is 0. The first kappa shape index (κ1) is 9.93. The number of likely N-dealkylation sites (tertiary alicyclic amines) is 1. The number of hydrogen-bond donors (Lipinski definition) is 1. The van der Waals surface area contributed by atoms with E-state index < -0.39 is 0 Å². The van der Waals surface area contributed by atoms with E-state index in [4.69, 9.17) is 18.0 Å². The lowest BCUT2D eigenvalue weighted by Gasteiger charge is -2.31. The zero-order chi connectivity index (χ0) is 9.35. The zero-order valence-corrected chi connectivity index (χ0v) is 8.95. The number of nitrogens with zero attached hydrogens (tertiary/aromatic N) is 1. The molecule has 1 aliphatic rings. The normalized spacial score (nSPS) is 26.1. The van der Waals surface area contributed by atoms with Crippen LogP contribution < -0.4 is 5.73 Å². The number of thiocarbonyl (C=S) groups is 1. The molecule has 0 saturated carbocycles. The van der Waals surface area contributed by atoms with Crippen molar-refractivity contribution in [1.29, 1.82) is 0 Å². The fraction of sp³-hybridized carbons (Fsp3) is 0.889. The van der Waals surface area contributed by atoms with E-state index in [0.29, 0.717) is 10.9 Å². The summed E-state index contributed by atoms with van der Waals surface area (Å²) in [5.74, 6) is 0.444. The molecule has 2 N–H and O–H groups in total. The average molecular weight is 186 g/mol. The van der Waals surface area contributed by atoms with Crippen LogP contribution in [0.4, 0.5) is 0 Å². The molecule has 12 heavy (non-hydrogen) atoms. The summed E-state index contributed by atoms with van der Waals surface area (Å²) in [5.41, 5.74) is 5.87. The molecule has 1 saturated heterocycles. The Morgan fingerprint density at radius 3 is 2.33 bits per heavy atom. The van der Waals surface area contributed by atoms with Crippen molar-refractivity contribution in [1.82, 2.24) is 4.90 Å². The summed E-state index contributed by atoms with van der Waals surface area (Å²) in [6.07, 6.45) is 1.13. The summed E-state index contributed by atoms with van der Waals surface area (Å²) in [6.45, 7) is 8.86. The van der Waals surface area contributed by atoms with Crippen LogP contribution in [0.3, 0.4) is 0 Å². The van der Waals surface area contributed by atoms with Crippen LogP contribution in [0.15, 0.2) is 0 Å². The molecule has 0 radical (unpaired) electrons. The van der Waals surface area contributed by atoms with Crippen LogP contribution in [-0.4, -0.2) is 28.5 Å². The Kier molecular flexibility index (Phi) is 2.74. The second-order valence-corrected chi connectivity index (χ2v) is 4.98. The van der Waals surface area contributed by atoms with Gasteiger partial charge in [-0.2, -0.15) is 0 Å². The summed E-state index contributed by atoms with van der Waals surface area (Å²) >= 11 is 4.98. The van der Waals surface area contributed by atoms with Gasteiger partial charge in [-0.05, 0) is 33.7 Å². The highest BCUT2D eigenvalue weighted by Crippen LogP contribution is 2.24. The third kappa shape index (κ3) is 2.17. The monoisotopic (exact) mass is 186 g/mol. The standard InChI is InChI=1S/C9H18N2S/c1-9(2,3)11-5-4-7(6-11)8(10)12/h7H,4-6H2,1-3H3,(H2,10,12). The lowest BCUT2D eigenvalue weighted by Crippen LogP contribution is -2.40. The smallest absolute Gasteiger partial charge is 0.0772 e. The SMILES string of the molecule is CC(C)(C)N1CCC(C(N)=S)C1. The van der Waals surface area contributed by atoms with Gasteiger partial charge in [-0.15, -0.1) is 0 Å². The fourth-order valence-corrected chi connectivity index (χ4v) is 1.79. The highest BCUT2D eigenvalue weighted by Gasteiger charge is 2.31. The van der Waals surface area contributed by atoms with E-state index in [1.54, 1.807) is 0 Å². The molecule has 0 spiro atoms. The van der Waals surface area contributed by atoms with Crippen molar-refractivity contribution in [3.63, 3.8) is 0 Å². The topological polar surface area (TPSA) is 29.3 Å². The van der Waals surface area contributed by atoms with Crippen LogP contribution in [-0.2, 0) is 0 Å². The van der Waals surface area contributed by atoms with Crippen molar-refractivity contribution >= 4 is 17.2 Å². The Balaban J connectivity index is 2.51. The first-order valence-corrected chi connectivity index (χ1v) is 4.86. The quantitative estimate of drug-likeness (QED) is 0.628. The van der Waals surface area contributed by atoms with Crippen LogP contribution in [0.2, 0.25) is 0 Å². The molecule has 1 unspecified atom stereocenters. The Bertz CT molecular complexity index is 183. The van der Waals surface area contributed by atoms with Crippen LogP contribution in [0, 0.1) is 5.92 Å². The van der Waals surface area contributed by atoms with Crippen LogP contribution in [0.1, 0.15) is 27.2 Å². The third-order valence-corrected chi connectivity index (χ3v) is 2.87. The minimum Gasteiger partial charge on any atom is -0.393 e. The summed E-state index contributed by atoms with van der Waals surface area (Å²) in [7, 11) is 0. The van der Waals surface area contributed by atoms with Gasteiger partial charge < -0.3 is 5.73 Å². The third-order valence-electron chi connectivity index (χ3n) is 2.54. The van der Waals surface area contributed by atoms with Crippen molar-refractivity contribution in [2.75, 3.05) is 13.1 Å². The summed E-state index contributed by atoms with van der Waals surface area (Å²) in [6, 6.07) is 0. The predicted octanol–water partition coefficient (Wildman–Crippen LogP) is 1.39. The van der Waals surface area contributed by atoms with Crippen LogP contribution in [0.25, 0.3) is 0 Å². The maximum absolute atomic E-state index is 5.61. The Hall–Kier alpha value is -0.150. The van der Waals surface area contributed by atoms with Crippen molar-refractivity contribution in [2.24, 2.45) is 11.7 Å². The lowest BCUT2D eigenvalue weighted by atomic mass is 10.1. The first-order chi connectivity index (χ1) is 5.41. The Labute approximate surface area is 80.1 Å². The number of rotatable bonds is 1. The molecule has 70 valence electrons. The highest BCUT2D eigenvalue weighted by atomic mass is 32.1. The van der Waals surface area contributed by atoms with Crippen molar-refractivity contribution in [3.8, 4) is 0 Å². The molecule has 0 aromatic heterocycles. The second-order valence-electron chi connectivity index (χ2n) is 4.50. The molecule has 1 atom stereocenters.